The highest BCUT2D eigenvalue weighted by Gasteiger charge is 2.47. The van der Waals surface area contributed by atoms with Crippen molar-refractivity contribution in [3.63, 3.8) is 0 Å². The minimum Gasteiger partial charge on any atom is -0.506 e. The predicted octanol–water partition coefficient (Wildman–Crippen LogP) is 3.97. The van der Waals surface area contributed by atoms with Crippen molar-refractivity contribution in [1.82, 2.24) is 4.90 Å². The summed E-state index contributed by atoms with van der Waals surface area (Å²) >= 11 is 0. The van der Waals surface area contributed by atoms with Crippen LogP contribution in [0.3, 0.4) is 0 Å². The minimum atomic E-state index is -0.900. The predicted molar refractivity (Wildman–Crippen MR) is 124 cm³/mol. The molecule has 8 nitrogen and oxygen atoms in total. The summed E-state index contributed by atoms with van der Waals surface area (Å²) in [6.07, 6.45) is 1.95. The Hall–Kier alpha value is -4.20. The molecule has 0 saturated carbocycles. The molecule has 34 heavy (non-hydrogen) atoms. The molecule has 4 rings (SSSR count). The third-order valence-corrected chi connectivity index (χ3v) is 5.82. The second-order valence-corrected chi connectivity index (χ2v) is 7.64. The van der Waals surface area contributed by atoms with Crippen LogP contribution in [0.5, 0.6) is 17.2 Å². The van der Waals surface area contributed by atoms with Gasteiger partial charge in [0.25, 0.3) is 11.7 Å². The van der Waals surface area contributed by atoms with Crippen LogP contribution in [0.25, 0.3) is 5.76 Å². The molecule has 1 aliphatic rings. The zero-order valence-corrected chi connectivity index (χ0v) is 19.1. The number of hydrogen-bond donors (Lipinski definition) is 1. The number of Topliss-reactive ketones (excluding diaryl/α,β-unsaturated/α-hetero) is 1. The maximum Gasteiger partial charge on any atom is 0.295 e. The smallest absolute Gasteiger partial charge is 0.295 e. The molecule has 1 amide bonds. The van der Waals surface area contributed by atoms with Crippen molar-refractivity contribution in [2.75, 3.05) is 27.9 Å². The van der Waals surface area contributed by atoms with Crippen molar-refractivity contribution in [3.05, 3.63) is 83.3 Å². The molecule has 1 N–H and O–H groups in total. The van der Waals surface area contributed by atoms with Crippen LogP contribution >= 0.6 is 0 Å². The Balaban J connectivity index is 1.77. The maximum absolute atomic E-state index is 13.2. The molecule has 0 spiro atoms. The summed E-state index contributed by atoms with van der Waals surface area (Å²) in [6.45, 7) is 0.238. The van der Waals surface area contributed by atoms with Gasteiger partial charge in [-0.15, -0.1) is 0 Å². The Morgan fingerprint density at radius 1 is 0.941 bits per heavy atom. The summed E-state index contributed by atoms with van der Waals surface area (Å²) in [5.41, 5.74) is 1.07. The molecule has 1 fully saturated rings. The third kappa shape index (κ3) is 4.10. The molecule has 2 heterocycles. The Labute approximate surface area is 197 Å². The summed E-state index contributed by atoms with van der Waals surface area (Å²) in [6, 6.07) is 14.9. The first-order valence-corrected chi connectivity index (χ1v) is 10.7. The lowest BCUT2D eigenvalue weighted by Crippen LogP contribution is -2.31. The molecule has 0 aliphatic carbocycles. The van der Waals surface area contributed by atoms with Gasteiger partial charge in [-0.3, -0.25) is 9.59 Å². The Bertz CT molecular complexity index is 1190. The fraction of sp³-hybridized carbons (Fsp3) is 0.231. The second-order valence-electron chi connectivity index (χ2n) is 7.64. The van der Waals surface area contributed by atoms with E-state index in [0.29, 0.717) is 23.7 Å². The quantitative estimate of drug-likeness (QED) is 0.307. The average molecular weight is 463 g/mol. The lowest BCUT2D eigenvalue weighted by atomic mass is 9.98. The van der Waals surface area contributed by atoms with E-state index in [1.807, 2.05) is 24.3 Å². The molecule has 1 unspecified atom stereocenters. The summed E-state index contributed by atoms with van der Waals surface area (Å²) < 4.78 is 21.6. The van der Waals surface area contributed by atoms with E-state index in [2.05, 4.69) is 0 Å². The number of nitrogens with zero attached hydrogens (tertiary/aromatic N) is 1. The van der Waals surface area contributed by atoms with Crippen LogP contribution in [-0.4, -0.2) is 49.6 Å². The number of aliphatic hydroxyl groups is 1. The number of ketones is 1. The standard InChI is InChI=1S/C26H25NO7/c1-31-17-11-9-16(10-12-17)13-14-27-23(20-8-5-15-34-20)22(25(29)26(27)30)24(28)21-18(32-2)6-4-7-19(21)33-3/h4-12,15,23,28H,13-14H2,1-3H3/b24-22+. The summed E-state index contributed by atoms with van der Waals surface area (Å²) in [5.74, 6) is -0.207. The van der Waals surface area contributed by atoms with E-state index in [1.54, 1.807) is 37.4 Å². The van der Waals surface area contributed by atoms with Crippen molar-refractivity contribution in [3.8, 4) is 17.2 Å². The normalized spacial score (nSPS) is 17.1. The molecule has 1 saturated heterocycles. The topological polar surface area (TPSA) is 98.4 Å². The van der Waals surface area contributed by atoms with E-state index in [0.717, 1.165) is 11.3 Å². The van der Waals surface area contributed by atoms with Crippen LogP contribution in [-0.2, 0) is 16.0 Å². The van der Waals surface area contributed by atoms with E-state index in [4.69, 9.17) is 18.6 Å². The lowest BCUT2D eigenvalue weighted by molar-refractivity contribution is -0.140. The number of aliphatic hydroxyl groups excluding tert-OH is 1. The number of amides is 1. The molecule has 8 heteroatoms. The van der Waals surface area contributed by atoms with Crippen LogP contribution < -0.4 is 14.2 Å². The summed E-state index contributed by atoms with van der Waals surface area (Å²) in [4.78, 5) is 27.7. The molecule has 2 aromatic carbocycles. The van der Waals surface area contributed by atoms with Gasteiger partial charge in [-0.1, -0.05) is 18.2 Å². The first kappa shape index (κ1) is 23.0. The highest BCUT2D eigenvalue weighted by atomic mass is 16.5. The van der Waals surface area contributed by atoms with Gasteiger partial charge in [-0.2, -0.15) is 0 Å². The van der Waals surface area contributed by atoms with E-state index in [-0.39, 0.29) is 23.4 Å². The average Bonchev–Trinajstić information content (AvgIpc) is 3.49. The van der Waals surface area contributed by atoms with Crippen LogP contribution in [0.4, 0.5) is 0 Å². The monoisotopic (exact) mass is 463 g/mol. The van der Waals surface area contributed by atoms with E-state index >= 15 is 0 Å². The van der Waals surface area contributed by atoms with Gasteiger partial charge in [0.1, 0.15) is 40.4 Å². The fourth-order valence-electron chi connectivity index (χ4n) is 4.11. The van der Waals surface area contributed by atoms with Crippen molar-refractivity contribution in [1.29, 1.82) is 0 Å². The first-order chi connectivity index (χ1) is 16.5. The Morgan fingerprint density at radius 3 is 2.18 bits per heavy atom. The van der Waals surface area contributed by atoms with E-state index < -0.39 is 17.7 Å². The molecular weight excluding hydrogens is 438 g/mol. The van der Waals surface area contributed by atoms with Crippen LogP contribution in [0.15, 0.2) is 70.9 Å². The molecular formula is C26H25NO7. The maximum atomic E-state index is 13.2. The van der Waals surface area contributed by atoms with Crippen LogP contribution in [0, 0.1) is 0 Å². The molecule has 3 aromatic rings. The number of ether oxygens (including phenoxy) is 3. The van der Waals surface area contributed by atoms with Gasteiger partial charge in [0, 0.05) is 6.54 Å². The highest BCUT2D eigenvalue weighted by Crippen LogP contribution is 2.43. The number of carbonyl (C=O) groups excluding carboxylic acids is 2. The van der Waals surface area contributed by atoms with Gasteiger partial charge in [0.15, 0.2) is 0 Å². The number of likely N-dealkylation sites (tertiary alicyclic amines) is 1. The van der Waals surface area contributed by atoms with Crippen molar-refractivity contribution < 1.29 is 33.3 Å². The highest BCUT2D eigenvalue weighted by molar-refractivity contribution is 6.46. The van der Waals surface area contributed by atoms with Gasteiger partial charge >= 0.3 is 0 Å². The molecule has 1 aliphatic heterocycles. The minimum absolute atomic E-state index is 0.0857. The van der Waals surface area contributed by atoms with Crippen molar-refractivity contribution >= 4 is 17.4 Å². The van der Waals surface area contributed by atoms with Gasteiger partial charge < -0.3 is 28.6 Å². The van der Waals surface area contributed by atoms with Gasteiger partial charge in [0.2, 0.25) is 0 Å². The Morgan fingerprint density at radius 2 is 1.62 bits per heavy atom. The summed E-state index contributed by atoms with van der Waals surface area (Å²) in [7, 11) is 4.49. The number of benzene rings is 2. The van der Waals surface area contributed by atoms with Crippen LogP contribution in [0.1, 0.15) is 22.9 Å². The van der Waals surface area contributed by atoms with Crippen molar-refractivity contribution in [2.45, 2.75) is 12.5 Å². The SMILES string of the molecule is COc1ccc(CCN2C(=O)C(=O)/C(=C(/O)c3c(OC)cccc3OC)C2c2ccco2)cc1. The largest absolute Gasteiger partial charge is 0.506 e. The first-order valence-electron chi connectivity index (χ1n) is 10.7. The second kappa shape index (κ2) is 9.74. The van der Waals surface area contributed by atoms with Gasteiger partial charge in [-0.05, 0) is 48.4 Å². The van der Waals surface area contributed by atoms with Crippen molar-refractivity contribution in [2.24, 2.45) is 0 Å². The fourth-order valence-corrected chi connectivity index (χ4v) is 4.11. The van der Waals surface area contributed by atoms with Gasteiger partial charge in [0.05, 0.1) is 33.2 Å². The van der Waals surface area contributed by atoms with E-state index in [1.165, 1.54) is 25.4 Å². The molecule has 1 atom stereocenters. The number of rotatable bonds is 8. The third-order valence-electron chi connectivity index (χ3n) is 5.82. The van der Waals surface area contributed by atoms with E-state index in [9.17, 15) is 14.7 Å². The molecule has 1 aromatic heterocycles. The summed E-state index contributed by atoms with van der Waals surface area (Å²) in [5, 5.41) is 11.3. The van der Waals surface area contributed by atoms with Gasteiger partial charge in [-0.25, -0.2) is 0 Å². The number of hydrogen-bond acceptors (Lipinski definition) is 7. The molecule has 0 bridgehead atoms. The lowest BCUT2D eigenvalue weighted by Gasteiger charge is -2.23. The van der Waals surface area contributed by atoms with Crippen LogP contribution in [0.2, 0.25) is 0 Å². The molecule has 0 radical (unpaired) electrons. The number of methoxy groups -OCH3 is 3. The zero-order valence-electron chi connectivity index (χ0n) is 19.1. The number of furan rings is 1. The number of carbonyl (C=O) groups is 2. The molecule has 176 valence electrons. The zero-order chi connectivity index (χ0) is 24.2. The Kier molecular flexibility index (Phi) is 6.58.